The third-order valence-electron chi connectivity index (χ3n) is 5.76. The van der Waals surface area contributed by atoms with E-state index in [2.05, 4.69) is 0 Å². The molecule has 1 aliphatic carbocycles. The van der Waals surface area contributed by atoms with Crippen LogP contribution in [0, 0.1) is 0 Å². The summed E-state index contributed by atoms with van der Waals surface area (Å²) < 4.78 is 26.7. The molecule has 1 unspecified atom stereocenters. The van der Waals surface area contributed by atoms with Crippen molar-refractivity contribution in [3.8, 4) is 5.75 Å². The standard InChI is InChI=1S/C27H30O8/c1-6-32-24(28)27(25(29)33-7-2)21-12-10-9-11-20(21)22(18-13-15-19(31-5)16-14-18)23(27)17(4)35-26(30)34-8-3/h9-17H,6-8H2,1-5H3. The number of hydrogen-bond acceptors (Lipinski definition) is 8. The molecule has 0 saturated heterocycles. The Labute approximate surface area is 204 Å². The van der Waals surface area contributed by atoms with E-state index in [1.807, 2.05) is 24.3 Å². The van der Waals surface area contributed by atoms with Gasteiger partial charge in [-0.3, -0.25) is 9.59 Å². The third-order valence-corrected chi connectivity index (χ3v) is 5.76. The summed E-state index contributed by atoms with van der Waals surface area (Å²) in [7, 11) is 1.56. The molecular weight excluding hydrogens is 452 g/mol. The fourth-order valence-electron chi connectivity index (χ4n) is 4.44. The summed E-state index contributed by atoms with van der Waals surface area (Å²) in [6, 6.07) is 14.2. The van der Waals surface area contributed by atoms with Crippen LogP contribution >= 0.6 is 0 Å². The molecule has 0 heterocycles. The number of rotatable bonds is 9. The van der Waals surface area contributed by atoms with Gasteiger partial charge in [0.15, 0.2) is 0 Å². The van der Waals surface area contributed by atoms with Crippen LogP contribution in [0.15, 0.2) is 54.1 Å². The Morgan fingerprint density at radius 1 is 0.829 bits per heavy atom. The normalized spacial score (nSPS) is 14.5. The Bertz CT molecular complexity index is 1100. The maximum Gasteiger partial charge on any atom is 0.508 e. The van der Waals surface area contributed by atoms with E-state index in [1.165, 1.54) is 0 Å². The van der Waals surface area contributed by atoms with Gasteiger partial charge in [0.1, 0.15) is 11.9 Å². The zero-order valence-corrected chi connectivity index (χ0v) is 20.6. The second-order valence-electron chi connectivity index (χ2n) is 7.70. The monoisotopic (exact) mass is 482 g/mol. The predicted molar refractivity (Wildman–Crippen MR) is 128 cm³/mol. The van der Waals surface area contributed by atoms with Gasteiger partial charge < -0.3 is 23.7 Å². The summed E-state index contributed by atoms with van der Waals surface area (Å²) in [5.74, 6) is -0.965. The molecule has 2 aromatic carbocycles. The Hall–Kier alpha value is -3.81. The number of hydrogen-bond donors (Lipinski definition) is 0. The van der Waals surface area contributed by atoms with E-state index in [1.54, 1.807) is 59.1 Å². The maximum absolute atomic E-state index is 13.7. The molecule has 1 aliphatic rings. The van der Waals surface area contributed by atoms with Crippen molar-refractivity contribution in [2.45, 2.75) is 39.2 Å². The van der Waals surface area contributed by atoms with Crippen LogP contribution in [0.1, 0.15) is 44.4 Å². The van der Waals surface area contributed by atoms with Crippen molar-refractivity contribution in [1.29, 1.82) is 0 Å². The Balaban J connectivity index is 2.39. The molecule has 2 aromatic rings. The van der Waals surface area contributed by atoms with Crippen LogP contribution < -0.4 is 4.74 Å². The van der Waals surface area contributed by atoms with Gasteiger partial charge in [0.05, 0.1) is 26.9 Å². The molecule has 0 fully saturated rings. The highest BCUT2D eigenvalue weighted by Crippen LogP contribution is 2.52. The molecule has 35 heavy (non-hydrogen) atoms. The van der Waals surface area contributed by atoms with E-state index in [0.29, 0.717) is 28.0 Å². The lowest BCUT2D eigenvalue weighted by Crippen LogP contribution is -2.49. The number of ether oxygens (including phenoxy) is 5. The highest BCUT2D eigenvalue weighted by Gasteiger charge is 2.61. The molecule has 0 saturated carbocycles. The summed E-state index contributed by atoms with van der Waals surface area (Å²) in [5, 5.41) is 0. The summed E-state index contributed by atoms with van der Waals surface area (Å²) in [4.78, 5) is 39.7. The van der Waals surface area contributed by atoms with Gasteiger partial charge in [-0.15, -0.1) is 0 Å². The molecule has 0 radical (unpaired) electrons. The van der Waals surface area contributed by atoms with Crippen LogP contribution in [-0.2, 0) is 34.0 Å². The zero-order chi connectivity index (χ0) is 25.6. The third kappa shape index (κ3) is 4.60. The van der Waals surface area contributed by atoms with Crippen LogP contribution in [0.4, 0.5) is 4.79 Å². The largest absolute Gasteiger partial charge is 0.508 e. The molecule has 1 atom stereocenters. The number of carbonyl (C=O) groups excluding carboxylic acids is 3. The molecule has 8 nitrogen and oxygen atoms in total. The van der Waals surface area contributed by atoms with Crippen molar-refractivity contribution >= 4 is 23.7 Å². The molecule has 186 valence electrons. The average Bonchev–Trinajstić information content (AvgIpc) is 3.17. The summed E-state index contributed by atoms with van der Waals surface area (Å²) in [5.41, 5.74) is 0.576. The van der Waals surface area contributed by atoms with Gasteiger partial charge in [-0.25, -0.2) is 4.79 Å². The van der Waals surface area contributed by atoms with Crippen molar-refractivity contribution in [2.24, 2.45) is 0 Å². The molecule has 0 aliphatic heterocycles. The van der Waals surface area contributed by atoms with Crippen LogP contribution in [0.5, 0.6) is 5.75 Å². The number of fused-ring (bicyclic) bond motifs is 1. The molecule has 0 bridgehead atoms. The van der Waals surface area contributed by atoms with Gasteiger partial charge in [-0.05, 0) is 62.1 Å². The minimum Gasteiger partial charge on any atom is -0.497 e. The van der Waals surface area contributed by atoms with Gasteiger partial charge in [0.25, 0.3) is 0 Å². The Kier molecular flexibility index (Phi) is 8.17. The van der Waals surface area contributed by atoms with E-state index in [-0.39, 0.29) is 25.4 Å². The topological polar surface area (TPSA) is 97.4 Å². The number of esters is 2. The first-order valence-electron chi connectivity index (χ1n) is 11.5. The predicted octanol–water partition coefficient (Wildman–Crippen LogP) is 4.44. The zero-order valence-electron chi connectivity index (χ0n) is 20.6. The van der Waals surface area contributed by atoms with E-state index in [0.717, 1.165) is 0 Å². The second-order valence-corrected chi connectivity index (χ2v) is 7.70. The lowest BCUT2D eigenvalue weighted by atomic mass is 9.74. The number of methoxy groups -OCH3 is 1. The minimum atomic E-state index is -1.97. The van der Waals surface area contributed by atoms with Crippen molar-refractivity contribution in [3.63, 3.8) is 0 Å². The molecule has 0 N–H and O–H groups in total. The smallest absolute Gasteiger partial charge is 0.497 e. The molecule has 0 aromatic heterocycles. The first kappa shape index (κ1) is 25.8. The highest BCUT2D eigenvalue weighted by molar-refractivity contribution is 6.16. The lowest BCUT2D eigenvalue weighted by molar-refractivity contribution is -0.163. The summed E-state index contributed by atoms with van der Waals surface area (Å²) in [6.07, 6.45) is -1.95. The van der Waals surface area contributed by atoms with Crippen molar-refractivity contribution < 1.29 is 38.1 Å². The van der Waals surface area contributed by atoms with Gasteiger partial charge in [0, 0.05) is 5.57 Å². The Morgan fingerprint density at radius 2 is 1.40 bits per heavy atom. The van der Waals surface area contributed by atoms with E-state index in [9.17, 15) is 14.4 Å². The van der Waals surface area contributed by atoms with E-state index < -0.39 is 29.6 Å². The van der Waals surface area contributed by atoms with Crippen molar-refractivity contribution in [2.75, 3.05) is 26.9 Å². The van der Waals surface area contributed by atoms with Crippen LogP contribution in [0.3, 0.4) is 0 Å². The Morgan fingerprint density at radius 3 is 1.94 bits per heavy atom. The second kappa shape index (κ2) is 11.1. The first-order valence-corrected chi connectivity index (χ1v) is 11.5. The highest BCUT2D eigenvalue weighted by atomic mass is 16.7. The summed E-state index contributed by atoms with van der Waals surface area (Å²) >= 11 is 0. The average molecular weight is 483 g/mol. The number of benzene rings is 2. The van der Waals surface area contributed by atoms with Crippen molar-refractivity contribution in [1.82, 2.24) is 0 Å². The maximum atomic E-state index is 13.7. The van der Waals surface area contributed by atoms with Crippen molar-refractivity contribution in [3.05, 3.63) is 70.8 Å². The fourth-order valence-corrected chi connectivity index (χ4v) is 4.44. The minimum absolute atomic E-state index is 0.0421. The van der Waals surface area contributed by atoms with E-state index >= 15 is 0 Å². The van der Waals surface area contributed by atoms with Crippen LogP contribution in [0.2, 0.25) is 0 Å². The van der Waals surface area contributed by atoms with Gasteiger partial charge >= 0.3 is 18.1 Å². The molecule has 8 heteroatoms. The summed E-state index contributed by atoms with van der Waals surface area (Å²) in [6.45, 7) is 6.75. The first-order chi connectivity index (χ1) is 16.9. The molecule has 0 spiro atoms. The quantitative estimate of drug-likeness (QED) is 0.294. The van der Waals surface area contributed by atoms with Crippen LogP contribution in [0.25, 0.3) is 5.57 Å². The van der Waals surface area contributed by atoms with E-state index in [4.69, 9.17) is 23.7 Å². The molecule has 0 amide bonds. The molecular formula is C27H30O8. The number of carbonyl (C=O) groups is 3. The fraction of sp³-hybridized carbons (Fsp3) is 0.370. The van der Waals surface area contributed by atoms with Gasteiger partial charge in [-0.1, -0.05) is 36.4 Å². The van der Waals surface area contributed by atoms with Gasteiger partial charge in [-0.2, -0.15) is 0 Å². The SMILES string of the molecule is CCOC(=O)OC(C)C1=C(c2ccc(OC)cc2)c2ccccc2C1(C(=O)OCC)C(=O)OCC. The van der Waals surface area contributed by atoms with Crippen LogP contribution in [-0.4, -0.2) is 51.1 Å². The molecule has 3 rings (SSSR count). The van der Waals surface area contributed by atoms with Gasteiger partial charge in [0.2, 0.25) is 5.41 Å². The lowest BCUT2D eigenvalue weighted by Gasteiger charge is -2.31.